The Balaban J connectivity index is 2.03. The van der Waals surface area contributed by atoms with Crippen LogP contribution < -0.4 is 5.32 Å². The second-order valence-electron chi connectivity index (χ2n) is 3.74. The van der Waals surface area contributed by atoms with Gasteiger partial charge in [0.1, 0.15) is 11.5 Å². The molecule has 1 heterocycles. The van der Waals surface area contributed by atoms with E-state index in [4.69, 9.17) is 0 Å². The van der Waals surface area contributed by atoms with Gasteiger partial charge in [-0.2, -0.15) is 0 Å². The molecule has 92 valence electrons. The van der Waals surface area contributed by atoms with Crippen LogP contribution in [0.2, 0.25) is 0 Å². The SMILES string of the molecule is O=C(NCc1ccccc1O)c1cncc(O)c1. The van der Waals surface area contributed by atoms with E-state index in [1.807, 2.05) is 0 Å². The maximum absolute atomic E-state index is 11.7. The van der Waals surface area contributed by atoms with Gasteiger partial charge in [-0.1, -0.05) is 18.2 Å². The second-order valence-corrected chi connectivity index (χ2v) is 3.74. The third-order valence-corrected chi connectivity index (χ3v) is 2.42. The highest BCUT2D eigenvalue weighted by atomic mass is 16.3. The fraction of sp³-hybridized carbons (Fsp3) is 0.0769. The summed E-state index contributed by atoms with van der Waals surface area (Å²) in [7, 11) is 0. The second kappa shape index (κ2) is 5.18. The van der Waals surface area contributed by atoms with Crippen molar-refractivity contribution in [3.63, 3.8) is 0 Å². The lowest BCUT2D eigenvalue weighted by Gasteiger charge is -2.06. The Bertz CT molecular complexity index is 570. The van der Waals surface area contributed by atoms with Gasteiger partial charge in [0.2, 0.25) is 0 Å². The number of para-hydroxylation sites is 1. The normalized spacial score (nSPS) is 10.0. The number of nitrogens with zero attached hydrogens (tertiary/aromatic N) is 1. The minimum atomic E-state index is -0.360. The molecule has 1 aromatic heterocycles. The van der Waals surface area contributed by atoms with Crippen LogP contribution in [-0.2, 0) is 6.54 Å². The van der Waals surface area contributed by atoms with E-state index in [0.29, 0.717) is 5.56 Å². The Morgan fingerprint density at radius 1 is 1.22 bits per heavy atom. The van der Waals surface area contributed by atoms with E-state index in [1.54, 1.807) is 24.3 Å². The van der Waals surface area contributed by atoms with Gasteiger partial charge in [0, 0.05) is 18.3 Å². The molecule has 0 aliphatic heterocycles. The van der Waals surface area contributed by atoms with Crippen LogP contribution in [0, 0.1) is 0 Å². The number of amides is 1. The zero-order valence-electron chi connectivity index (χ0n) is 9.50. The van der Waals surface area contributed by atoms with E-state index in [2.05, 4.69) is 10.3 Å². The lowest BCUT2D eigenvalue weighted by Crippen LogP contribution is -2.22. The maximum atomic E-state index is 11.7. The predicted octanol–water partition coefficient (Wildman–Crippen LogP) is 1.42. The summed E-state index contributed by atoms with van der Waals surface area (Å²) >= 11 is 0. The third-order valence-electron chi connectivity index (χ3n) is 2.42. The summed E-state index contributed by atoms with van der Waals surface area (Å²) in [6.07, 6.45) is 2.61. The molecule has 0 radical (unpaired) electrons. The van der Waals surface area contributed by atoms with Crippen LogP contribution in [0.25, 0.3) is 0 Å². The van der Waals surface area contributed by atoms with Crippen molar-refractivity contribution in [3.05, 3.63) is 53.9 Å². The van der Waals surface area contributed by atoms with Gasteiger partial charge < -0.3 is 15.5 Å². The number of phenolic OH excluding ortho intramolecular Hbond substituents is 1. The van der Waals surface area contributed by atoms with Gasteiger partial charge in [-0.15, -0.1) is 0 Å². The Hall–Kier alpha value is -2.56. The predicted molar refractivity (Wildman–Crippen MR) is 65.2 cm³/mol. The Morgan fingerprint density at radius 2 is 2.00 bits per heavy atom. The Labute approximate surface area is 104 Å². The zero-order chi connectivity index (χ0) is 13.0. The molecule has 5 nitrogen and oxygen atoms in total. The number of hydrogen-bond acceptors (Lipinski definition) is 4. The Morgan fingerprint density at radius 3 is 2.72 bits per heavy atom. The van der Waals surface area contributed by atoms with Gasteiger partial charge in [0.25, 0.3) is 5.91 Å². The summed E-state index contributed by atoms with van der Waals surface area (Å²) in [4.78, 5) is 15.5. The number of carbonyl (C=O) groups is 1. The van der Waals surface area contributed by atoms with E-state index in [0.717, 1.165) is 0 Å². The van der Waals surface area contributed by atoms with Crippen LogP contribution in [-0.4, -0.2) is 21.1 Å². The average Bonchev–Trinajstić information content (AvgIpc) is 2.37. The first-order valence-corrected chi connectivity index (χ1v) is 5.36. The summed E-state index contributed by atoms with van der Waals surface area (Å²) in [6, 6.07) is 8.08. The van der Waals surface area contributed by atoms with Crippen molar-refractivity contribution in [3.8, 4) is 11.5 Å². The number of rotatable bonds is 3. The van der Waals surface area contributed by atoms with Gasteiger partial charge in [-0.3, -0.25) is 9.78 Å². The number of phenols is 1. The topological polar surface area (TPSA) is 82.5 Å². The largest absolute Gasteiger partial charge is 0.508 e. The van der Waals surface area contributed by atoms with Crippen molar-refractivity contribution in [2.45, 2.75) is 6.54 Å². The molecule has 0 bridgehead atoms. The fourth-order valence-electron chi connectivity index (χ4n) is 1.49. The first-order chi connectivity index (χ1) is 8.66. The van der Waals surface area contributed by atoms with Gasteiger partial charge in [0.05, 0.1) is 11.8 Å². The number of aromatic hydroxyl groups is 2. The molecule has 0 saturated carbocycles. The quantitative estimate of drug-likeness (QED) is 0.762. The highest BCUT2D eigenvalue weighted by Crippen LogP contribution is 2.15. The van der Waals surface area contributed by atoms with E-state index in [-0.39, 0.29) is 29.5 Å². The van der Waals surface area contributed by atoms with Crippen molar-refractivity contribution in [2.75, 3.05) is 0 Å². The van der Waals surface area contributed by atoms with Crippen molar-refractivity contribution >= 4 is 5.91 Å². The molecule has 0 aliphatic carbocycles. The molecule has 0 fully saturated rings. The maximum Gasteiger partial charge on any atom is 0.253 e. The third kappa shape index (κ3) is 2.76. The van der Waals surface area contributed by atoms with Crippen LogP contribution >= 0.6 is 0 Å². The molecular formula is C13H12N2O3. The van der Waals surface area contributed by atoms with Gasteiger partial charge in [0.15, 0.2) is 0 Å². The summed E-state index contributed by atoms with van der Waals surface area (Å²) in [5.41, 5.74) is 0.893. The highest BCUT2D eigenvalue weighted by Gasteiger charge is 2.07. The van der Waals surface area contributed by atoms with Crippen LogP contribution in [0.5, 0.6) is 11.5 Å². The van der Waals surface area contributed by atoms with Gasteiger partial charge >= 0.3 is 0 Å². The molecular weight excluding hydrogens is 232 g/mol. The molecule has 5 heteroatoms. The molecule has 18 heavy (non-hydrogen) atoms. The first kappa shape index (κ1) is 11.9. The lowest BCUT2D eigenvalue weighted by molar-refractivity contribution is 0.0950. The number of pyridine rings is 1. The number of nitrogens with one attached hydrogen (secondary N) is 1. The molecule has 1 amide bonds. The molecule has 0 atom stereocenters. The van der Waals surface area contributed by atoms with Crippen molar-refractivity contribution in [1.29, 1.82) is 0 Å². The molecule has 0 spiro atoms. The number of hydrogen-bond donors (Lipinski definition) is 3. The van der Waals surface area contributed by atoms with Crippen LogP contribution in [0.3, 0.4) is 0 Å². The Kier molecular flexibility index (Phi) is 3.43. The molecule has 3 N–H and O–H groups in total. The van der Waals surface area contributed by atoms with Gasteiger partial charge in [-0.05, 0) is 12.1 Å². The molecule has 0 aliphatic rings. The summed E-state index contributed by atoms with van der Waals surface area (Å²) < 4.78 is 0. The van der Waals surface area contributed by atoms with Gasteiger partial charge in [-0.25, -0.2) is 0 Å². The monoisotopic (exact) mass is 244 g/mol. The average molecular weight is 244 g/mol. The molecule has 2 aromatic rings. The highest BCUT2D eigenvalue weighted by molar-refractivity contribution is 5.94. The molecule has 0 unspecified atom stereocenters. The van der Waals surface area contributed by atoms with Crippen LogP contribution in [0.4, 0.5) is 0 Å². The van der Waals surface area contributed by atoms with Crippen molar-refractivity contribution in [2.24, 2.45) is 0 Å². The van der Waals surface area contributed by atoms with E-state index >= 15 is 0 Å². The van der Waals surface area contributed by atoms with E-state index < -0.39 is 0 Å². The molecule has 1 aromatic carbocycles. The summed E-state index contributed by atoms with van der Waals surface area (Å²) in [5.74, 6) is -0.293. The van der Waals surface area contributed by atoms with Crippen molar-refractivity contribution < 1.29 is 15.0 Å². The minimum Gasteiger partial charge on any atom is -0.508 e. The zero-order valence-corrected chi connectivity index (χ0v) is 9.50. The van der Waals surface area contributed by atoms with Crippen molar-refractivity contribution in [1.82, 2.24) is 10.3 Å². The lowest BCUT2D eigenvalue weighted by atomic mass is 10.2. The van der Waals surface area contributed by atoms with E-state index in [1.165, 1.54) is 18.5 Å². The summed E-state index contributed by atoms with van der Waals surface area (Å²) in [6.45, 7) is 0.209. The van der Waals surface area contributed by atoms with Crippen LogP contribution in [0.15, 0.2) is 42.7 Å². The number of aromatic nitrogens is 1. The molecule has 0 saturated heterocycles. The van der Waals surface area contributed by atoms with E-state index in [9.17, 15) is 15.0 Å². The number of carbonyl (C=O) groups excluding carboxylic acids is 1. The fourth-order valence-corrected chi connectivity index (χ4v) is 1.49. The van der Waals surface area contributed by atoms with Crippen LogP contribution in [0.1, 0.15) is 15.9 Å². The minimum absolute atomic E-state index is 0.0646. The number of benzene rings is 1. The first-order valence-electron chi connectivity index (χ1n) is 5.36. The smallest absolute Gasteiger partial charge is 0.253 e. The standard InChI is InChI=1S/C13H12N2O3/c16-11-5-10(6-14-8-11)13(18)15-7-9-3-1-2-4-12(9)17/h1-6,8,16-17H,7H2,(H,15,18). The molecule has 2 rings (SSSR count). The summed E-state index contributed by atoms with van der Waals surface area (Å²) in [5, 5.41) is 21.4.